The van der Waals surface area contributed by atoms with E-state index >= 15 is 0 Å². The van der Waals surface area contributed by atoms with Crippen LogP contribution >= 0.6 is 27.0 Å². The molecule has 0 bridgehead atoms. The maximum atomic E-state index is 13.2. The first-order valence-corrected chi connectivity index (χ1v) is 12.0. The summed E-state index contributed by atoms with van der Waals surface area (Å²) in [7, 11) is 0. The van der Waals surface area contributed by atoms with Crippen molar-refractivity contribution in [3.63, 3.8) is 0 Å². The van der Waals surface area contributed by atoms with Crippen LogP contribution in [0, 0.1) is 11.2 Å². The number of aromatic nitrogens is 2. The fourth-order valence-electron chi connectivity index (χ4n) is 6.13. The fourth-order valence-corrected chi connectivity index (χ4v) is 6.13. The van der Waals surface area contributed by atoms with Gasteiger partial charge in [0.15, 0.2) is 0 Å². The summed E-state index contributed by atoms with van der Waals surface area (Å²) < 4.78 is 13.2. The summed E-state index contributed by atoms with van der Waals surface area (Å²) in [4.78, 5) is 25.9. The van der Waals surface area contributed by atoms with Crippen molar-refractivity contribution in [2.24, 2.45) is 5.41 Å². The number of nitrogens with zero attached hydrogens (tertiary/aromatic N) is 3. The standard InChI is InChI=1S/C25H31FN4O.2H2S/c26-18-2-5-19(6-3-18)29-11-13-30(14-12-29)20-4-1-17(15-20)23-27-22-7-8-25(9-10-25)16-21(22)24(31)28-23;;/h2-3,5-6,17,20H,1,4,7-16H2,(H,27,28,31);2*1H2/t17-,20-;;/m0../s1. The van der Waals surface area contributed by atoms with E-state index in [2.05, 4.69) is 14.8 Å². The van der Waals surface area contributed by atoms with E-state index in [4.69, 9.17) is 4.98 Å². The Hall–Kier alpha value is -1.51. The summed E-state index contributed by atoms with van der Waals surface area (Å²) in [6, 6.07) is 7.40. The molecule has 2 saturated carbocycles. The molecule has 1 saturated heterocycles. The van der Waals surface area contributed by atoms with Crippen molar-refractivity contribution in [1.29, 1.82) is 0 Å². The highest BCUT2D eigenvalue weighted by molar-refractivity contribution is 7.59. The molecule has 4 aliphatic rings. The van der Waals surface area contributed by atoms with Crippen LogP contribution in [0.25, 0.3) is 0 Å². The lowest BCUT2D eigenvalue weighted by Crippen LogP contribution is -2.49. The summed E-state index contributed by atoms with van der Waals surface area (Å²) >= 11 is 0. The molecule has 2 atom stereocenters. The predicted octanol–water partition coefficient (Wildman–Crippen LogP) is 3.86. The SMILES string of the molecule is O=c1[nH]c([C@H]2CC[C@H](N3CCN(c4ccc(F)cc4)CC3)C2)nc2c1CC1(CC2)CC1.S.S. The molecule has 2 heterocycles. The van der Waals surface area contributed by atoms with Crippen LogP contribution in [0.15, 0.2) is 29.1 Å². The summed E-state index contributed by atoms with van der Waals surface area (Å²) in [6.07, 6.45) is 9.06. The van der Waals surface area contributed by atoms with Gasteiger partial charge in [0.25, 0.3) is 5.56 Å². The van der Waals surface area contributed by atoms with E-state index in [1.165, 1.54) is 25.7 Å². The van der Waals surface area contributed by atoms with Crippen LogP contribution in [0.3, 0.4) is 0 Å². The van der Waals surface area contributed by atoms with E-state index in [9.17, 15) is 9.18 Å². The molecule has 180 valence electrons. The monoisotopic (exact) mass is 490 g/mol. The van der Waals surface area contributed by atoms with Gasteiger partial charge in [0, 0.05) is 49.4 Å². The maximum Gasteiger partial charge on any atom is 0.254 e. The van der Waals surface area contributed by atoms with Crippen LogP contribution < -0.4 is 10.5 Å². The summed E-state index contributed by atoms with van der Waals surface area (Å²) in [5.41, 5.74) is 3.72. The Bertz CT molecular complexity index is 1030. The van der Waals surface area contributed by atoms with Gasteiger partial charge in [0.2, 0.25) is 0 Å². The van der Waals surface area contributed by atoms with Gasteiger partial charge in [-0.3, -0.25) is 9.69 Å². The van der Waals surface area contributed by atoms with Crippen LogP contribution in [-0.4, -0.2) is 47.1 Å². The van der Waals surface area contributed by atoms with Gasteiger partial charge in [0.1, 0.15) is 11.6 Å². The maximum absolute atomic E-state index is 13.2. The number of fused-ring (bicyclic) bond motifs is 1. The number of piperazine rings is 1. The quantitative estimate of drug-likeness (QED) is 0.710. The van der Waals surface area contributed by atoms with E-state index in [1.54, 1.807) is 12.1 Å². The minimum atomic E-state index is -0.180. The zero-order valence-corrected chi connectivity index (χ0v) is 21.1. The zero-order valence-electron chi connectivity index (χ0n) is 19.1. The first-order chi connectivity index (χ1) is 15.1. The van der Waals surface area contributed by atoms with Gasteiger partial charge in [0.05, 0.1) is 5.69 Å². The number of hydrogen-bond acceptors (Lipinski definition) is 4. The zero-order chi connectivity index (χ0) is 21.0. The van der Waals surface area contributed by atoms with E-state index in [1.807, 2.05) is 12.1 Å². The number of halogens is 1. The van der Waals surface area contributed by atoms with Crippen LogP contribution in [0.2, 0.25) is 0 Å². The molecule has 0 unspecified atom stereocenters. The normalized spacial score (nSPS) is 25.8. The third-order valence-corrected chi connectivity index (χ3v) is 8.33. The Morgan fingerprint density at radius 2 is 1.73 bits per heavy atom. The first-order valence-electron chi connectivity index (χ1n) is 12.0. The summed E-state index contributed by atoms with van der Waals surface area (Å²) in [6.45, 7) is 4.01. The van der Waals surface area contributed by atoms with Crippen molar-refractivity contribution in [2.75, 3.05) is 31.1 Å². The van der Waals surface area contributed by atoms with Gasteiger partial charge in [-0.15, -0.1) is 0 Å². The van der Waals surface area contributed by atoms with E-state index in [0.717, 1.165) is 74.6 Å². The van der Waals surface area contributed by atoms with E-state index < -0.39 is 0 Å². The van der Waals surface area contributed by atoms with Crippen molar-refractivity contribution in [1.82, 2.24) is 14.9 Å². The highest BCUT2D eigenvalue weighted by Gasteiger charge is 2.46. The molecule has 1 aliphatic heterocycles. The van der Waals surface area contributed by atoms with E-state index in [0.29, 0.717) is 17.4 Å². The van der Waals surface area contributed by atoms with Crippen LogP contribution in [0.4, 0.5) is 10.1 Å². The lowest BCUT2D eigenvalue weighted by atomic mass is 9.84. The van der Waals surface area contributed by atoms with Gasteiger partial charge >= 0.3 is 0 Å². The fraction of sp³-hybridized carbons (Fsp3) is 0.600. The van der Waals surface area contributed by atoms with Crippen LogP contribution in [-0.2, 0) is 12.8 Å². The first kappa shape index (κ1) is 24.6. The number of H-pyrrole nitrogens is 1. The summed E-state index contributed by atoms with van der Waals surface area (Å²) in [5.74, 6) is 1.12. The second-order valence-electron chi connectivity index (χ2n) is 10.2. The van der Waals surface area contributed by atoms with Crippen molar-refractivity contribution in [2.45, 2.75) is 63.3 Å². The molecule has 1 spiro atoms. The molecular weight excluding hydrogens is 455 g/mol. The van der Waals surface area contributed by atoms with Gasteiger partial charge < -0.3 is 9.88 Å². The molecule has 1 N–H and O–H groups in total. The molecule has 3 aliphatic carbocycles. The Morgan fingerprint density at radius 1 is 1.00 bits per heavy atom. The van der Waals surface area contributed by atoms with Crippen molar-refractivity contribution in [3.05, 3.63) is 57.5 Å². The smallest absolute Gasteiger partial charge is 0.254 e. The number of hydrogen-bond donors (Lipinski definition) is 1. The third-order valence-electron chi connectivity index (χ3n) is 8.33. The Labute approximate surface area is 209 Å². The average Bonchev–Trinajstić information content (AvgIpc) is 3.35. The lowest BCUT2D eigenvalue weighted by Gasteiger charge is -2.39. The molecule has 6 rings (SSSR count). The lowest BCUT2D eigenvalue weighted by molar-refractivity contribution is 0.186. The number of nitrogens with one attached hydrogen (secondary N) is 1. The van der Waals surface area contributed by atoms with Gasteiger partial charge in [-0.25, -0.2) is 9.37 Å². The highest BCUT2D eigenvalue weighted by Crippen LogP contribution is 2.54. The molecule has 0 amide bonds. The van der Waals surface area contributed by atoms with Gasteiger partial charge in [-0.05, 0) is 81.0 Å². The molecular formula is C25H35FN4OS2. The molecule has 8 heteroatoms. The largest absolute Gasteiger partial charge is 0.369 e. The second kappa shape index (κ2) is 9.62. The minimum Gasteiger partial charge on any atom is -0.369 e. The molecule has 1 aromatic heterocycles. The molecule has 2 aromatic rings. The molecule has 5 nitrogen and oxygen atoms in total. The van der Waals surface area contributed by atoms with Crippen molar-refractivity contribution in [3.8, 4) is 0 Å². The topological polar surface area (TPSA) is 52.2 Å². The number of rotatable bonds is 3. The molecule has 0 radical (unpaired) electrons. The Kier molecular flexibility index (Phi) is 7.18. The third kappa shape index (κ3) is 4.84. The second-order valence-corrected chi connectivity index (χ2v) is 10.2. The van der Waals surface area contributed by atoms with Crippen LogP contribution in [0.1, 0.15) is 61.5 Å². The van der Waals surface area contributed by atoms with Gasteiger partial charge in [-0.2, -0.15) is 27.0 Å². The van der Waals surface area contributed by atoms with Gasteiger partial charge in [-0.1, -0.05) is 0 Å². The number of anilines is 1. The highest BCUT2D eigenvalue weighted by atomic mass is 32.1. The Morgan fingerprint density at radius 3 is 2.42 bits per heavy atom. The number of aromatic amines is 1. The van der Waals surface area contributed by atoms with Crippen LogP contribution in [0.5, 0.6) is 0 Å². The predicted molar refractivity (Wildman–Crippen MR) is 140 cm³/mol. The minimum absolute atomic E-state index is 0. The average molecular weight is 491 g/mol. The van der Waals surface area contributed by atoms with Crippen molar-refractivity contribution < 1.29 is 4.39 Å². The van der Waals surface area contributed by atoms with E-state index in [-0.39, 0.29) is 38.4 Å². The Balaban J connectivity index is 0.00000130. The number of aryl methyl sites for hydroxylation is 1. The number of benzene rings is 1. The summed E-state index contributed by atoms with van der Waals surface area (Å²) in [5, 5.41) is 0. The molecule has 1 aromatic carbocycles. The molecule has 33 heavy (non-hydrogen) atoms. The van der Waals surface area contributed by atoms with Crippen molar-refractivity contribution >= 4 is 32.7 Å². The molecule has 3 fully saturated rings.